The zero-order valence-corrected chi connectivity index (χ0v) is 15.5. The normalized spacial score (nSPS) is 11.7. The van der Waals surface area contributed by atoms with Crippen molar-refractivity contribution < 1.29 is 14.3 Å². The van der Waals surface area contributed by atoms with Crippen LogP contribution in [0.4, 0.5) is 0 Å². The molecule has 0 aliphatic heterocycles. The fourth-order valence-corrected chi connectivity index (χ4v) is 2.61. The molecule has 0 fully saturated rings. The third-order valence-electron chi connectivity index (χ3n) is 4.44. The summed E-state index contributed by atoms with van der Waals surface area (Å²) >= 11 is 0. The SMILES string of the molecule is Cc1ccc(C(=O)C(C)N(C)C(=O)COc2c(C)cccc2C)cc1. The van der Waals surface area contributed by atoms with E-state index < -0.39 is 6.04 Å². The van der Waals surface area contributed by atoms with E-state index in [4.69, 9.17) is 4.74 Å². The number of nitrogens with zero attached hydrogens (tertiary/aromatic N) is 1. The number of aryl methyl sites for hydroxylation is 3. The van der Waals surface area contributed by atoms with Crippen LogP contribution in [0.25, 0.3) is 0 Å². The Morgan fingerprint density at radius 2 is 1.56 bits per heavy atom. The lowest BCUT2D eigenvalue weighted by atomic mass is 10.0. The summed E-state index contributed by atoms with van der Waals surface area (Å²) in [6.45, 7) is 7.51. The minimum atomic E-state index is -0.545. The van der Waals surface area contributed by atoms with Gasteiger partial charge in [-0.2, -0.15) is 0 Å². The Hall–Kier alpha value is -2.62. The van der Waals surface area contributed by atoms with Crippen LogP contribution in [-0.2, 0) is 4.79 Å². The fraction of sp³-hybridized carbons (Fsp3) is 0.333. The number of rotatable bonds is 6. The largest absolute Gasteiger partial charge is 0.483 e. The van der Waals surface area contributed by atoms with Gasteiger partial charge in [0.15, 0.2) is 12.4 Å². The molecule has 132 valence electrons. The van der Waals surface area contributed by atoms with Gasteiger partial charge >= 0.3 is 0 Å². The lowest BCUT2D eigenvalue weighted by Crippen LogP contribution is -2.42. The molecule has 0 heterocycles. The van der Waals surface area contributed by atoms with Gasteiger partial charge in [0.2, 0.25) is 0 Å². The minimum absolute atomic E-state index is 0.0806. The second kappa shape index (κ2) is 7.97. The summed E-state index contributed by atoms with van der Waals surface area (Å²) < 4.78 is 5.70. The van der Waals surface area contributed by atoms with E-state index in [2.05, 4.69) is 0 Å². The van der Waals surface area contributed by atoms with Crippen molar-refractivity contribution in [3.05, 3.63) is 64.7 Å². The van der Waals surface area contributed by atoms with E-state index in [9.17, 15) is 9.59 Å². The van der Waals surface area contributed by atoms with Crippen molar-refractivity contribution in [1.29, 1.82) is 0 Å². The van der Waals surface area contributed by atoms with Gasteiger partial charge in [-0.3, -0.25) is 9.59 Å². The molecule has 4 heteroatoms. The van der Waals surface area contributed by atoms with E-state index in [0.29, 0.717) is 5.56 Å². The molecule has 0 radical (unpaired) electrons. The molecule has 1 amide bonds. The van der Waals surface area contributed by atoms with E-state index in [0.717, 1.165) is 22.4 Å². The van der Waals surface area contributed by atoms with Gasteiger partial charge < -0.3 is 9.64 Å². The van der Waals surface area contributed by atoms with E-state index >= 15 is 0 Å². The lowest BCUT2D eigenvalue weighted by Gasteiger charge is -2.24. The highest BCUT2D eigenvalue weighted by Gasteiger charge is 2.24. The predicted octanol–water partition coefficient (Wildman–Crippen LogP) is 3.72. The summed E-state index contributed by atoms with van der Waals surface area (Å²) in [6.07, 6.45) is 0. The number of benzene rings is 2. The molecule has 0 saturated heterocycles. The summed E-state index contributed by atoms with van der Waals surface area (Å²) in [5.41, 5.74) is 3.67. The monoisotopic (exact) mass is 339 g/mol. The number of ketones is 1. The maximum atomic E-state index is 12.5. The Labute approximate surface area is 149 Å². The molecular weight excluding hydrogens is 314 g/mol. The molecule has 0 aliphatic carbocycles. The zero-order valence-electron chi connectivity index (χ0n) is 15.5. The van der Waals surface area contributed by atoms with Crippen molar-refractivity contribution in [3.8, 4) is 5.75 Å². The van der Waals surface area contributed by atoms with Gasteiger partial charge in [0.1, 0.15) is 5.75 Å². The first kappa shape index (κ1) is 18.7. The Kier molecular flexibility index (Phi) is 5.97. The van der Waals surface area contributed by atoms with Crippen LogP contribution in [0.2, 0.25) is 0 Å². The molecule has 25 heavy (non-hydrogen) atoms. The predicted molar refractivity (Wildman–Crippen MR) is 99.2 cm³/mol. The maximum Gasteiger partial charge on any atom is 0.260 e. The molecule has 0 aromatic heterocycles. The standard InChI is InChI=1S/C21H25NO3/c1-14-9-11-18(12-10-14)20(24)17(4)22(5)19(23)13-25-21-15(2)7-6-8-16(21)3/h6-12,17H,13H2,1-5H3. The molecule has 0 bridgehead atoms. The average molecular weight is 339 g/mol. The highest BCUT2D eigenvalue weighted by molar-refractivity contribution is 6.01. The molecule has 2 rings (SSSR count). The van der Waals surface area contributed by atoms with Crippen LogP contribution < -0.4 is 4.74 Å². The third-order valence-corrected chi connectivity index (χ3v) is 4.44. The van der Waals surface area contributed by atoms with Crippen molar-refractivity contribution in [2.24, 2.45) is 0 Å². The summed E-state index contributed by atoms with van der Waals surface area (Å²) in [7, 11) is 1.63. The van der Waals surface area contributed by atoms with Crippen LogP contribution in [0.1, 0.15) is 34.0 Å². The van der Waals surface area contributed by atoms with Gasteiger partial charge in [-0.25, -0.2) is 0 Å². The zero-order chi connectivity index (χ0) is 18.6. The lowest BCUT2D eigenvalue weighted by molar-refractivity contribution is -0.133. The molecule has 0 N–H and O–H groups in total. The number of carbonyl (C=O) groups is 2. The summed E-state index contributed by atoms with van der Waals surface area (Å²) in [5, 5.41) is 0. The number of ether oxygens (including phenoxy) is 1. The number of likely N-dealkylation sites (N-methyl/N-ethyl adjacent to an activating group) is 1. The number of carbonyl (C=O) groups excluding carboxylic acids is 2. The number of Topliss-reactive ketones (excluding diaryl/α,β-unsaturated/α-hetero) is 1. The highest BCUT2D eigenvalue weighted by Crippen LogP contribution is 2.22. The van der Waals surface area contributed by atoms with E-state index in [1.165, 1.54) is 4.90 Å². The Morgan fingerprint density at radius 1 is 1.00 bits per heavy atom. The van der Waals surface area contributed by atoms with Crippen LogP contribution in [0.5, 0.6) is 5.75 Å². The number of para-hydroxylation sites is 1. The van der Waals surface area contributed by atoms with Crippen LogP contribution in [-0.4, -0.2) is 36.3 Å². The highest BCUT2D eigenvalue weighted by atomic mass is 16.5. The molecule has 4 nitrogen and oxygen atoms in total. The topological polar surface area (TPSA) is 46.6 Å². The van der Waals surface area contributed by atoms with Gasteiger partial charge in [0.25, 0.3) is 5.91 Å². The minimum Gasteiger partial charge on any atom is -0.483 e. The molecule has 2 aromatic rings. The van der Waals surface area contributed by atoms with Crippen molar-refractivity contribution >= 4 is 11.7 Å². The number of hydrogen-bond acceptors (Lipinski definition) is 3. The van der Waals surface area contributed by atoms with E-state index in [1.807, 2.05) is 51.1 Å². The van der Waals surface area contributed by atoms with Crippen molar-refractivity contribution in [3.63, 3.8) is 0 Å². The van der Waals surface area contributed by atoms with Gasteiger partial charge in [0, 0.05) is 12.6 Å². The quantitative estimate of drug-likeness (QED) is 0.754. The smallest absolute Gasteiger partial charge is 0.260 e. The van der Waals surface area contributed by atoms with Crippen LogP contribution in [0.3, 0.4) is 0 Å². The first-order valence-corrected chi connectivity index (χ1v) is 8.37. The Balaban J connectivity index is 2.01. The molecule has 2 aromatic carbocycles. The average Bonchev–Trinajstić information content (AvgIpc) is 2.59. The van der Waals surface area contributed by atoms with Gasteiger partial charge in [-0.15, -0.1) is 0 Å². The summed E-state index contributed by atoms with van der Waals surface area (Å²) in [4.78, 5) is 26.4. The molecule has 1 atom stereocenters. The maximum absolute atomic E-state index is 12.5. The van der Waals surface area contributed by atoms with Crippen molar-refractivity contribution in [1.82, 2.24) is 4.90 Å². The first-order valence-electron chi connectivity index (χ1n) is 8.37. The second-order valence-corrected chi connectivity index (χ2v) is 6.42. The first-order chi connectivity index (χ1) is 11.8. The summed E-state index contributed by atoms with van der Waals surface area (Å²) in [6, 6.07) is 12.7. The Bertz CT molecular complexity index is 745. The third kappa shape index (κ3) is 4.47. The van der Waals surface area contributed by atoms with E-state index in [1.54, 1.807) is 26.1 Å². The van der Waals surface area contributed by atoms with Crippen LogP contribution in [0.15, 0.2) is 42.5 Å². The van der Waals surface area contributed by atoms with Crippen LogP contribution in [0, 0.1) is 20.8 Å². The van der Waals surface area contributed by atoms with Gasteiger partial charge in [-0.05, 0) is 38.8 Å². The van der Waals surface area contributed by atoms with Gasteiger partial charge in [-0.1, -0.05) is 48.0 Å². The number of hydrogen-bond donors (Lipinski definition) is 0. The fourth-order valence-electron chi connectivity index (χ4n) is 2.61. The molecule has 0 spiro atoms. The van der Waals surface area contributed by atoms with Gasteiger partial charge in [0.05, 0.1) is 6.04 Å². The van der Waals surface area contributed by atoms with Crippen molar-refractivity contribution in [2.45, 2.75) is 33.7 Å². The number of amides is 1. The molecule has 1 unspecified atom stereocenters. The molecular formula is C21H25NO3. The molecule has 0 saturated carbocycles. The van der Waals surface area contributed by atoms with Crippen LogP contribution >= 0.6 is 0 Å². The Morgan fingerprint density at radius 3 is 2.12 bits per heavy atom. The molecule has 0 aliphatic rings. The summed E-state index contributed by atoms with van der Waals surface area (Å²) in [5.74, 6) is 0.417. The second-order valence-electron chi connectivity index (χ2n) is 6.42. The van der Waals surface area contributed by atoms with Crippen molar-refractivity contribution in [2.75, 3.05) is 13.7 Å². The van der Waals surface area contributed by atoms with E-state index in [-0.39, 0.29) is 18.3 Å².